The van der Waals surface area contributed by atoms with Crippen molar-refractivity contribution < 1.29 is 9.59 Å². The summed E-state index contributed by atoms with van der Waals surface area (Å²) in [4.78, 5) is 28.9. The van der Waals surface area contributed by atoms with Crippen LogP contribution in [0.2, 0.25) is 20.1 Å². The zero-order valence-electron chi connectivity index (χ0n) is 24.4. The van der Waals surface area contributed by atoms with Crippen molar-refractivity contribution in [2.75, 3.05) is 4.90 Å². The Labute approximate surface area is 290 Å². The van der Waals surface area contributed by atoms with Crippen LogP contribution in [0.1, 0.15) is 26.3 Å². The van der Waals surface area contributed by atoms with Gasteiger partial charge in [-0.25, -0.2) is 0 Å². The number of halogens is 4. The first-order valence-electron chi connectivity index (χ1n) is 14.8. The zero-order valence-corrected chi connectivity index (χ0v) is 27.4. The zero-order chi connectivity index (χ0) is 32.4. The van der Waals surface area contributed by atoms with E-state index in [0.29, 0.717) is 5.56 Å². The van der Waals surface area contributed by atoms with Crippen LogP contribution < -0.4 is 4.90 Å². The molecule has 1 aliphatic carbocycles. The number of allylic oxidation sites excluding steroid dienone is 1. The lowest BCUT2D eigenvalue weighted by atomic mass is 10.0. The van der Waals surface area contributed by atoms with Gasteiger partial charge in [0.2, 0.25) is 0 Å². The highest BCUT2D eigenvalue weighted by atomic mass is 35.5. The van der Waals surface area contributed by atoms with Gasteiger partial charge < -0.3 is 4.90 Å². The van der Waals surface area contributed by atoms with Gasteiger partial charge in [0.05, 0.1) is 36.8 Å². The summed E-state index contributed by atoms with van der Waals surface area (Å²) in [5.41, 5.74) is 3.66. The number of hydrogen-bond donors (Lipinski definition) is 0. The number of hydrogen-bond acceptors (Lipinski definition) is 3. The normalized spacial score (nSPS) is 12.7. The minimum absolute atomic E-state index is 0.0183. The Morgan fingerprint density at radius 1 is 0.426 bits per heavy atom. The number of rotatable bonds is 4. The van der Waals surface area contributed by atoms with E-state index < -0.39 is 11.6 Å². The van der Waals surface area contributed by atoms with Crippen LogP contribution in [0, 0.1) is 0 Å². The van der Waals surface area contributed by atoms with Gasteiger partial charge in [0, 0.05) is 17.1 Å². The number of ketones is 2. The van der Waals surface area contributed by atoms with Crippen LogP contribution in [0.4, 0.5) is 17.1 Å². The summed E-state index contributed by atoms with van der Waals surface area (Å²) in [6.45, 7) is 0. The number of carbonyl (C=O) groups excluding carboxylic acids is 2. The summed E-state index contributed by atoms with van der Waals surface area (Å²) in [5, 5.41) is 6.33. The molecule has 0 atom stereocenters. The molecule has 0 aromatic heterocycles. The summed E-state index contributed by atoms with van der Waals surface area (Å²) in [6.07, 6.45) is 1.56. The fourth-order valence-electron chi connectivity index (χ4n) is 6.29. The second kappa shape index (κ2) is 11.6. The van der Waals surface area contributed by atoms with Crippen LogP contribution >= 0.6 is 46.4 Å². The molecule has 0 bridgehead atoms. The molecule has 0 fully saturated rings. The predicted octanol–water partition coefficient (Wildman–Crippen LogP) is 12.7. The lowest BCUT2D eigenvalue weighted by Crippen LogP contribution is -2.10. The van der Waals surface area contributed by atoms with Crippen LogP contribution in [0.15, 0.2) is 127 Å². The minimum Gasteiger partial charge on any atom is -0.310 e. The van der Waals surface area contributed by atoms with Crippen molar-refractivity contribution in [3.8, 4) is 0 Å². The molecule has 0 amide bonds. The van der Waals surface area contributed by atoms with E-state index in [-0.39, 0.29) is 36.8 Å². The Hall–Kier alpha value is -4.64. The van der Waals surface area contributed by atoms with Gasteiger partial charge in [0.1, 0.15) is 0 Å². The highest BCUT2D eigenvalue weighted by molar-refractivity contribution is 6.57. The van der Waals surface area contributed by atoms with Gasteiger partial charge in [-0.1, -0.05) is 125 Å². The Morgan fingerprint density at radius 2 is 0.809 bits per heavy atom. The third-order valence-electron chi connectivity index (χ3n) is 8.61. The molecule has 0 N–H and O–H groups in total. The van der Waals surface area contributed by atoms with Crippen LogP contribution in [0.3, 0.4) is 0 Å². The number of carbonyl (C=O) groups is 2. The van der Waals surface area contributed by atoms with E-state index in [1.807, 2.05) is 48.5 Å². The number of anilines is 3. The minimum atomic E-state index is -0.535. The van der Waals surface area contributed by atoms with Gasteiger partial charge in [0.15, 0.2) is 11.6 Å². The summed E-state index contributed by atoms with van der Waals surface area (Å²) < 4.78 is 0. The molecule has 1 aliphatic rings. The number of benzene rings is 7. The first-order valence-corrected chi connectivity index (χ1v) is 16.3. The molecule has 0 spiro atoms. The SMILES string of the molecule is O=C1C(=Cc2ccc3cc(N(c4ccc5ccccc5c4)c4ccc5ccccc5c4)ccc3c2)C(=O)c2c(Cl)c(Cl)c(Cl)c(Cl)c21. The molecule has 0 aliphatic heterocycles. The van der Waals surface area contributed by atoms with E-state index in [4.69, 9.17) is 46.4 Å². The Morgan fingerprint density at radius 3 is 1.30 bits per heavy atom. The van der Waals surface area contributed by atoms with Gasteiger partial charge in [-0.15, -0.1) is 0 Å². The summed E-state index contributed by atoms with van der Waals surface area (Å²) in [5.74, 6) is -1.07. The first-order chi connectivity index (χ1) is 22.8. The second-order valence-electron chi connectivity index (χ2n) is 11.4. The Balaban J connectivity index is 1.21. The van der Waals surface area contributed by atoms with E-state index in [9.17, 15) is 9.59 Å². The highest BCUT2D eigenvalue weighted by Crippen LogP contribution is 2.46. The van der Waals surface area contributed by atoms with Crippen molar-refractivity contribution >= 4 is 113 Å². The molecule has 7 heteroatoms. The van der Waals surface area contributed by atoms with E-state index in [2.05, 4.69) is 77.7 Å². The van der Waals surface area contributed by atoms with Crippen LogP contribution in [0.5, 0.6) is 0 Å². The lowest BCUT2D eigenvalue weighted by molar-refractivity contribution is 0.0990. The van der Waals surface area contributed by atoms with E-state index >= 15 is 0 Å². The predicted molar refractivity (Wildman–Crippen MR) is 197 cm³/mol. The summed E-state index contributed by atoms with van der Waals surface area (Å²) >= 11 is 25.0. The molecule has 7 aromatic rings. The smallest absolute Gasteiger partial charge is 0.199 e. The maximum atomic E-state index is 13.3. The fourth-order valence-corrected chi connectivity index (χ4v) is 7.31. The molecule has 0 heterocycles. The molecule has 0 saturated carbocycles. The molecule has 0 unspecified atom stereocenters. The van der Waals surface area contributed by atoms with Crippen molar-refractivity contribution in [3.05, 3.63) is 164 Å². The Kier molecular flexibility index (Phi) is 7.31. The molecule has 0 radical (unpaired) electrons. The van der Waals surface area contributed by atoms with Crippen molar-refractivity contribution in [1.82, 2.24) is 0 Å². The molecular formula is C40H21Cl4NO2. The quantitative estimate of drug-likeness (QED) is 0.0799. The van der Waals surface area contributed by atoms with Gasteiger partial charge in [-0.2, -0.15) is 0 Å². The van der Waals surface area contributed by atoms with Gasteiger partial charge in [0.25, 0.3) is 0 Å². The summed E-state index contributed by atoms with van der Waals surface area (Å²) in [6, 6.07) is 41.7. The van der Waals surface area contributed by atoms with Crippen LogP contribution in [0.25, 0.3) is 38.4 Å². The topological polar surface area (TPSA) is 37.4 Å². The standard InChI is InChI=1S/C40H21Cl4NO2/c41-35-33-34(36(42)38(44)37(35)43)40(47)32(39(33)46)18-22-9-10-28-21-31(16-13-27(28)17-22)45(29-14-11-23-5-1-3-7-25(23)19-29)30-15-12-24-6-2-4-8-26(24)20-30/h1-21H. The average molecular weight is 689 g/mol. The maximum absolute atomic E-state index is 13.3. The molecule has 8 rings (SSSR count). The largest absolute Gasteiger partial charge is 0.310 e. The second-order valence-corrected chi connectivity index (χ2v) is 12.9. The third-order valence-corrected chi connectivity index (χ3v) is 10.4. The Bertz CT molecular complexity index is 2390. The molecule has 47 heavy (non-hydrogen) atoms. The summed E-state index contributed by atoms with van der Waals surface area (Å²) in [7, 11) is 0. The van der Waals surface area contributed by atoms with Gasteiger partial charge in [-0.05, 0) is 86.4 Å². The number of Topliss-reactive ketones (excluding diaryl/α,β-unsaturated/α-hetero) is 2. The lowest BCUT2D eigenvalue weighted by Gasteiger charge is -2.26. The fraction of sp³-hybridized carbons (Fsp3) is 0. The van der Waals surface area contributed by atoms with Crippen molar-refractivity contribution in [3.63, 3.8) is 0 Å². The van der Waals surface area contributed by atoms with Crippen molar-refractivity contribution in [1.29, 1.82) is 0 Å². The number of fused-ring (bicyclic) bond motifs is 4. The molecular weight excluding hydrogens is 668 g/mol. The van der Waals surface area contributed by atoms with Crippen molar-refractivity contribution in [2.24, 2.45) is 0 Å². The van der Waals surface area contributed by atoms with E-state index in [0.717, 1.165) is 38.6 Å². The van der Waals surface area contributed by atoms with Crippen LogP contribution in [-0.2, 0) is 0 Å². The molecule has 226 valence electrons. The highest BCUT2D eigenvalue weighted by Gasteiger charge is 2.39. The van der Waals surface area contributed by atoms with Crippen LogP contribution in [-0.4, -0.2) is 11.6 Å². The van der Waals surface area contributed by atoms with Gasteiger partial charge >= 0.3 is 0 Å². The van der Waals surface area contributed by atoms with Crippen molar-refractivity contribution in [2.45, 2.75) is 0 Å². The maximum Gasteiger partial charge on any atom is 0.199 e. The number of nitrogens with zero attached hydrogens (tertiary/aromatic N) is 1. The third kappa shape index (κ3) is 4.99. The average Bonchev–Trinajstić information content (AvgIpc) is 3.34. The monoisotopic (exact) mass is 687 g/mol. The van der Waals surface area contributed by atoms with Gasteiger partial charge in [-0.3, -0.25) is 9.59 Å². The molecule has 7 aromatic carbocycles. The first kappa shape index (κ1) is 29.7. The molecule has 3 nitrogen and oxygen atoms in total. The molecule has 0 saturated heterocycles. The van der Waals surface area contributed by atoms with E-state index in [1.54, 1.807) is 6.08 Å². The van der Waals surface area contributed by atoms with E-state index in [1.165, 1.54) is 10.8 Å².